The van der Waals surface area contributed by atoms with Gasteiger partial charge in [0.15, 0.2) is 5.58 Å². The van der Waals surface area contributed by atoms with E-state index in [1.165, 1.54) is 18.2 Å². The van der Waals surface area contributed by atoms with Crippen molar-refractivity contribution in [3.8, 4) is 17.2 Å². The molecule has 0 radical (unpaired) electrons. The van der Waals surface area contributed by atoms with E-state index in [1.807, 2.05) is 0 Å². The van der Waals surface area contributed by atoms with Crippen molar-refractivity contribution in [2.75, 3.05) is 5.32 Å². The predicted molar refractivity (Wildman–Crippen MR) is 115 cm³/mol. The summed E-state index contributed by atoms with van der Waals surface area (Å²) in [6.45, 7) is 0. The summed E-state index contributed by atoms with van der Waals surface area (Å²) in [4.78, 5) is 27.3. The van der Waals surface area contributed by atoms with E-state index < -0.39 is 10.8 Å². The zero-order valence-electron chi connectivity index (χ0n) is 14.9. The summed E-state index contributed by atoms with van der Waals surface area (Å²) in [5, 5.41) is 23.3. The van der Waals surface area contributed by atoms with Gasteiger partial charge in [0.05, 0.1) is 20.0 Å². The topological polar surface area (TPSA) is 118 Å². The van der Waals surface area contributed by atoms with Gasteiger partial charge in [-0.3, -0.25) is 14.9 Å². The maximum absolute atomic E-state index is 12.6. The molecule has 3 aromatic carbocycles. The molecule has 0 aliphatic rings. The van der Waals surface area contributed by atoms with Gasteiger partial charge >= 0.3 is 0 Å². The van der Waals surface area contributed by atoms with Crippen molar-refractivity contribution >= 4 is 55.9 Å². The number of nitro groups is 1. The number of aromatic nitrogens is 1. The van der Waals surface area contributed by atoms with Gasteiger partial charge < -0.3 is 14.8 Å². The maximum Gasteiger partial charge on any atom is 0.270 e. The standard InChI is InChI=1S/C20H11BrClN3O5/c21-14-7-10(1-5-17(14)26)20-24-16-8-11(2-6-18(16)30-20)23-19(27)13-9-12(25(28)29)3-4-15(13)22/h1-9,26H,(H,23,27). The van der Waals surface area contributed by atoms with Gasteiger partial charge in [0.2, 0.25) is 5.89 Å². The molecule has 0 unspecified atom stereocenters. The van der Waals surface area contributed by atoms with Crippen LogP contribution in [0.3, 0.4) is 0 Å². The molecule has 0 bridgehead atoms. The number of phenolic OH excluding ortho intramolecular Hbond substituents is 1. The van der Waals surface area contributed by atoms with Crippen LogP contribution in [0, 0.1) is 10.1 Å². The minimum atomic E-state index is -0.599. The number of fused-ring (bicyclic) bond motifs is 1. The molecule has 150 valence electrons. The summed E-state index contributed by atoms with van der Waals surface area (Å²) in [6.07, 6.45) is 0. The molecule has 2 N–H and O–H groups in total. The van der Waals surface area contributed by atoms with Crippen molar-refractivity contribution in [2.24, 2.45) is 0 Å². The van der Waals surface area contributed by atoms with Crippen molar-refractivity contribution in [1.82, 2.24) is 4.98 Å². The number of phenols is 1. The quantitative estimate of drug-likeness (QED) is 0.278. The van der Waals surface area contributed by atoms with Crippen molar-refractivity contribution in [3.63, 3.8) is 0 Å². The van der Waals surface area contributed by atoms with E-state index in [0.29, 0.717) is 32.7 Å². The largest absolute Gasteiger partial charge is 0.507 e. The highest BCUT2D eigenvalue weighted by Gasteiger charge is 2.17. The van der Waals surface area contributed by atoms with Crippen molar-refractivity contribution in [2.45, 2.75) is 0 Å². The Morgan fingerprint density at radius 1 is 1.17 bits per heavy atom. The molecular weight excluding hydrogens is 478 g/mol. The number of carbonyl (C=O) groups is 1. The van der Waals surface area contributed by atoms with E-state index >= 15 is 0 Å². The molecule has 1 aromatic heterocycles. The first-order valence-corrected chi connectivity index (χ1v) is 9.63. The molecule has 0 atom stereocenters. The second-order valence-corrected chi connectivity index (χ2v) is 7.50. The number of aromatic hydroxyl groups is 1. The zero-order chi connectivity index (χ0) is 21.4. The van der Waals surface area contributed by atoms with Crippen LogP contribution in [0.4, 0.5) is 11.4 Å². The molecule has 0 aliphatic carbocycles. The third-order valence-corrected chi connectivity index (χ3v) is 5.21. The number of hydrogen-bond acceptors (Lipinski definition) is 6. The molecule has 0 spiro atoms. The van der Waals surface area contributed by atoms with Gasteiger partial charge in [-0.2, -0.15) is 0 Å². The smallest absolute Gasteiger partial charge is 0.270 e. The fraction of sp³-hybridized carbons (Fsp3) is 0. The van der Waals surface area contributed by atoms with Crippen LogP contribution in [-0.2, 0) is 0 Å². The van der Waals surface area contributed by atoms with Crippen LogP contribution >= 0.6 is 27.5 Å². The Labute approximate surface area is 182 Å². The highest BCUT2D eigenvalue weighted by molar-refractivity contribution is 9.10. The third-order valence-electron chi connectivity index (χ3n) is 4.25. The average Bonchev–Trinajstić information content (AvgIpc) is 3.13. The number of hydrogen-bond donors (Lipinski definition) is 2. The summed E-state index contributed by atoms with van der Waals surface area (Å²) < 4.78 is 6.24. The summed E-state index contributed by atoms with van der Waals surface area (Å²) in [5.74, 6) is -0.148. The lowest BCUT2D eigenvalue weighted by molar-refractivity contribution is -0.384. The van der Waals surface area contributed by atoms with Gasteiger partial charge in [-0.15, -0.1) is 0 Å². The predicted octanol–water partition coefficient (Wildman–Crippen LogP) is 5.78. The first-order chi connectivity index (χ1) is 14.3. The fourth-order valence-corrected chi connectivity index (χ4v) is 3.35. The van der Waals surface area contributed by atoms with E-state index in [1.54, 1.807) is 30.3 Å². The highest BCUT2D eigenvalue weighted by atomic mass is 79.9. The number of amides is 1. The number of nitrogens with one attached hydrogen (secondary N) is 1. The molecule has 1 heterocycles. The van der Waals surface area contributed by atoms with Crippen LogP contribution in [-0.4, -0.2) is 20.9 Å². The van der Waals surface area contributed by atoms with Gasteiger partial charge in [-0.1, -0.05) is 11.6 Å². The first kappa shape index (κ1) is 19.9. The molecule has 0 aliphatic heterocycles. The number of non-ortho nitro benzene ring substituents is 1. The summed E-state index contributed by atoms with van der Waals surface area (Å²) in [6, 6.07) is 13.4. The van der Waals surface area contributed by atoms with E-state index in [-0.39, 0.29) is 22.0 Å². The number of anilines is 1. The van der Waals surface area contributed by atoms with Crippen molar-refractivity contribution in [3.05, 3.63) is 79.8 Å². The highest BCUT2D eigenvalue weighted by Crippen LogP contribution is 2.32. The summed E-state index contributed by atoms with van der Waals surface area (Å²) >= 11 is 9.27. The van der Waals surface area contributed by atoms with Crippen LogP contribution < -0.4 is 5.32 Å². The normalized spacial score (nSPS) is 10.9. The first-order valence-electron chi connectivity index (χ1n) is 8.46. The van der Waals surface area contributed by atoms with E-state index in [2.05, 4.69) is 26.2 Å². The van der Waals surface area contributed by atoms with Gasteiger partial charge in [-0.05, 0) is 58.4 Å². The van der Waals surface area contributed by atoms with Gasteiger partial charge in [0, 0.05) is 23.4 Å². The Kier molecular flexibility index (Phi) is 5.15. The molecule has 30 heavy (non-hydrogen) atoms. The van der Waals surface area contributed by atoms with E-state index in [9.17, 15) is 20.0 Å². The number of nitrogens with zero attached hydrogens (tertiary/aromatic N) is 2. The lowest BCUT2D eigenvalue weighted by Gasteiger charge is -2.06. The van der Waals surface area contributed by atoms with Crippen molar-refractivity contribution in [1.29, 1.82) is 0 Å². The molecule has 0 saturated heterocycles. The molecular formula is C20H11BrClN3O5. The number of carbonyl (C=O) groups excluding carboxylic acids is 1. The van der Waals surface area contributed by atoms with Gasteiger partial charge in [0.25, 0.3) is 11.6 Å². The fourth-order valence-electron chi connectivity index (χ4n) is 2.77. The SMILES string of the molecule is O=C(Nc1ccc2oc(-c3ccc(O)c(Br)c3)nc2c1)c1cc([N+](=O)[O-])ccc1Cl. The van der Waals surface area contributed by atoms with E-state index in [0.717, 1.165) is 6.07 Å². The minimum absolute atomic E-state index is 0.0132. The molecule has 0 saturated carbocycles. The number of nitro benzene ring substituents is 1. The third kappa shape index (κ3) is 3.85. The Bertz CT molecular complexity index is 1320. The minimum Gasteiger partial charge on any atom is -0.507 e. The van der Waals surface area contributed by atoms with Crippen LogP contribution in [0.1, 0.15) is 10.4 Å². The Morgan fingerprint density at radius 2 is 1.97 bits per heavy atom. The Morgan fingerprint density at radius 3 is 2.70 bits per heavy atom. The molecule has 1 amide bonds. The Hall–Kier alpha value is -3.43. The van der Waals surface area contributed by atoms with Crippen LogP contribution in [0.15, 0.2) is 63.5 Å². The zero-order valence-corrected chi connectivity index (χ0v) is 17.3. The summed E-state index contributed by atoms with van der Waals surface area (Å²) in [7, 11) is 0. The van der Waals surface area contributed by atoms with Crippen LogP contribution in [0.2, 0.25) is 5.02 Å². The lowest BCUT2D eigenvalue weighted by Crippen LogP contribution is -2.12. The van der Waals surface area contributed by atoms with Crippen molar-refractivity contribution < 1.29 is 19.2 Å². The molecule has 10 heteroatoms. The maximum atomic E-state index is 12.6. The lowest BCUT2D eigenvalue weighted by atomic mass is 10.2. The molecule has 0 fully saturated rings. The molecule has 8 nitrogen and oxygen atoms in total. The Balaban J connectivity index is 1.63. The molecule has 4 aromatic rings. The second kappa shape index (κ2) is 7.77. The number of halogens is 2. The second-order valence-electron chi connectivity index (χ2n) is 6.24. The number of benzene rings is 3. The van der Waals surface area contributed by atoms with Gasteiger partial charge in [-0.25, -0.2) is 4.98 Å². The van der Waals surface area contributed by atoms with Gasteiger partial charge in [0.1, 0.15) is 11.3 Å². The molecule has 4 rings (SSSR count). The average molecular weight is 489 g/mol. The summed E-state index contributed by atoms with van der Waals surface area (Å²) in [5.41, 5.74) is 1.83. The van der Waals surface area contributed by atoms with Crippen LogP contribution in [0.5, 0.6) is 5.75 Å². The monoisotopic (exact) mass is 487 g/mol. The van der Waals surface area contributed by atoms with E-state index in [4.69, 9.17) is 16.0 Å². The number of oxazole rings is 1. The van der Waals surface area contributed by atoms with Crippen LogP contribution in [0.25, 0.3) is 22.6 Å². The number of rotatable bonds is 4.